The van der Waals surface area contributed by atoms with E-state index in [2.05, 4.69) is 27.9 Å². The molecule has 4 saturated carbocycles. The summed E-state index contributed by atoms with van der Waals surface area (Å²) in [5.41, 5.74) is 4.17. The van der Waals surface area contributed by atoms with E-state index in [1.54, 1.807) is 19.4 Å². The number of hydrogen-bond donors (Lipinski definition) is 0. The standard InChI is InChI=1S/C28H29N3O4/c1-17(32)21-10-30-23(9-24(21)33)19-7-18(11-34-2)25(35-16-27-12-26(13-27,14-27)15-29)8-20(19)22-3-4-28(5-6-28)31(22)30/h7-10,22H,3-6,11-14,16H2,1-2H3/t22-,26?,27?/m1/s1. The van der Waals surface area contributed by atoms with E-state index in [4.69, 9.17) is 9.47 Å². The van der Waals surface area contributed by atoms with Gasteiger partial charge in [-0.25, -0.2) is 0 Å². The molecule has 2 aromatic rings. The van der Waals surface area contributed by atoms with Crippen LogP contribution in [-0.4, -0.2) is 29.7 Å². The minimum absolute atomic E-state index is 0.0901. The minimum Gasteiger partial charge on any atom is -0.493 e. The summed E-state index contributed by atoms with van der Waals surface area (Å²) in [7, 11) is 1.67. The number of pyridine rings is 1. The molecule has 0 N–H and O–H groups in total. The van der Waals surface area contributed by atoms with E-state index in [-0.39, 0.29) is 39.2 Å². The van der Waals surface area contributed by atoms with Crippen molar-refractivity contribution < 1.29 is 14.3 Å². The smallest absolute Gasteiger partial charge is 0.193 e. The average Bonchev–Trinajstić information content (AvgIpc) is 3.46. The molecular weight excluding hydrogens is 442 g/mol. The molecule has 180 valence electrons. The van der Waals surface area contributed by atoms with Crippen molar-refractivity contribution in [2.24, 2.45) is 10.8 Å². The van der Waals surface area contributed by atoms with E-state index in [9.17, 15) is 14.9 Å². The summed E-state index contributed by atoms with van der Waals surface area (Å²) < 4.78 is 14.1. The second kappa shape index (κ2) is 6.76. The number of methoxy groups -OCH3 is 1. The zero-order valence-corrected chi connectivity index (χ0v) is 20.2. The van der Waals surface area contributed by atoms with Gasteiger partial charge in [-0.05, 0) is 69.6 Å². The van der Waals surface area contributed by atoms with E-state index in [0.717, 1.165) is 67.5 Å². The number of nitriles is 1. The molecule has 7 heteroatoms. The number of carbonyl (C=O) groups excluding carboxylic acids is 1. The first kappa shape index (κ1) is 21.2. The van der Waals surface area contributed by atoms with Crippen LogP contribution in [0, 0.1) is 22.2 Å². The Bertz CT molecular complexity index is 1380. The molecule has 2 bridgehead atoms. The second-order valence-corrected chi connectivity index (χ2v) is 11.7. The Morgan fingerprint density at radius 1 is 1.20 bits per heavy atom. The average molecular weight is 472 g/mol. The van der Waals surface area contributed by atoms with Crippen molar-refractivity contribution in [3.63, 3.8) is 0 Å². The lowest BCUT2D eigenvalue weighted by Crippen LogP contribution is -2.63. The Balaban J connectivity index is 1.32. The Morgan fingerprint density at radius 2 is 1.97 bits per heavy atom. The van der Waals surface area contributed by atoms with Gasteiger partial charge in [0.25, 0.3) is 0 Å². The van der Waals surface area contributed by atoms with Gasteiger partial charge in [-0.3, -0.25) is 19.3 Å². The van der Waals surface area contributed by atoms with E-state index in [1.807, 2.05) is 0 Å². The van der Waals surface area contributed by atoms with E-state index in [1.165, 1.54) is 12.5 Å². The maximum absolute atomic E-state index is 12.9. The lowest BCUT2D eigenvalue weighted by Gasteiger charge is -2.66. The predicted molar refractivity (Wildman–Crippen MR) is 129 cm³/mol. The van der Waals surface area contributed by atoms with Gasteiger partial charge in [-0.1, -0.05) is 0 Å². The van der Waals surface area contributed by atoms with Crippen molar-refractivity contribution in [3.8, 4) is 23.1 Å². The van der Waals surface area contributed by atoms with Crippen LogP contribution < -0.4 is 15.2 Å². The molecule has 5 fully saturated rings. The van der Waals surface area contributed by atoms with Crippen molar-refractivity contribution in [3.05, 3.63) is 51.3 Å². The maximum atomic E-state index is 12.9. The molecule has 7 nitrogen and oxygen atoms in total. The SMILES string of the molecule is COCc1cc2c(cc1OCC13CC(C#N)(C1)C3)[C@H]1CCC3(CC3)N1n1cc(C(C)=O)c(=O)cc1-2. The summed E-state index contributed by atoms with van der Waals surface area (Å²) in [5, 5.41) is 11.8. The van der Waals surface area contributed by atoms with Crippen molar-refractivity contribution in [1.82, 2.24) is 4.68 Å². The molecule has 3 heterocycles. The summed E-state index contributed by atoms with van der Waals surface area (Å²) in [4.78, 5) is 25.1. The minimum atomic E-state index is -0.235. The first-order chi connectivity index (χ1) is 16.8. The van der Waals surface area contributed by atoms with E-state index in [0.29, 0.717) is 13.2 Å². The summed E-state index contributed by atoms with van der Waals surface area (Å²) >= 11 is 0. The molecule has 0 unspecified atom stereocenters. The zero-order valence-electron chi connectivity index (χ0n) is 20.2. The van der Waals surface area contributed by atoms with Gasteiger partial charge in [0.2, 0.25) is 0 Å². The molecule has 1 saturated heterocycles. The molecule has 6 aliphatic rings. The number of ether oxygens (including phenoxy) is 2. The topological polar surface area (TPSA) is 84.6 Å². The molecule has 1 aromatic carbocycles. The number of nitrogens with zero attached hydrogens (tertiary/aromatic N) is 3. The molecule has 4 aliphatic carbocycles. The number of carbonyl (C=O) groups is 1. The fourth-order valence-electron chi connectivity index (χ4n) is 7.47. The van der Waals surface area contributed by atoms with Gasteiger partial charge >= 0.3 is 0 Å². The Labute approximate surface area is 204 Å². The highest BCUT2D eigenvalue weighted by atomic mass is 16.5. The fraction of sp³-hybridized carbons (Fsp3) is 0.536. The fourth-order valence-corrected chi connectivity index (χ4v) is 7.47. The third kappa shape index (κ3) is 2.80. The second-order valence-electron chi connectivity index (χ2n) is 11.7. The highest BCUT2D eigenvalue weighted by Gasteiger charge is 2.68. The normalized spacial score (nSPS) is 29.9. The number of aromatic nitrogens is 1. The molecular formula is C28H29N3O4. The third-order valence-electron chi connectivity index (χ3n) is 9.21. The molecule has 0 amide bonds. The van der Waals surface area contributed by atoms with Gasteiger partial charge in [-0.15, -0.1) is 0 Å². The summed E-state index contributed by atoms with van der Waals surface area (Å²) in [6.45, 7) is 2.49. The van der Waals surface area contributed by atoms with E-state index >= 15 is 0 Å². The van der Waals surface area contributed by atoms with Gasteiger partial charge < -0.3 is 9.47 Å². The van der Waals surface area contributed by atoms with Crippen LogP contribution in [0.3, 0.4) is 0 Å². The number of Topliss-reactive ketones (excluding diaryl/α,β-unsaturated/α-hetero) is 1. The molecule has 8 rings (SSSR count). The van der Waals surface area contributed by atoms with Crippen LogP contribution in [-0.2, 0) is 11.3 Å². The molecule has 1 atom stereocenters. The largest absolute Gasteiger partial charge is 0.493 e. The van der Waals surface area contributed by atoms with Gasteiger partial charge in [0.1, 0.15) is 5.75 Å². The van der Waals surface area contributed by atoms with Gasteiger partial charge in [0, 0.05) is 35.9 Å². The van der Waals surface area contributed by atoms with Crippen molar-refractivity contribution in [2.45, 2.75) is 70.1 Å². The number of ketones is 1. The first-order valence-electron chi connectivity index (χ1n) is 12.6. The van der Waals surface area contributed by atoms with Gasteiger partial charge in [0.05, 0.1) is 47.5 Å². The maximum Gasteiger partial charge on any atom is 0.193 e. The van der Waals surface area contributed by atoms with Crippen LogP contribution in [0.25, 0.3) is 11.3 Å². The Hall–Kier alpha value is -3.11. The Morgan fingerprint density at radius 3 is 2.63 bits per heavy atom. The van der Waals surface area contributed by atoms with Crippen molar-refractivity contribution in [1.29, 1.82) is 5.26 Å². The summed E-state index contributed by atoms with van der Waals surface area (Å²) in [6.07, 6.45) is 8.98. The van der Waals surface area contributed by atoms with E-state index < -0.39 is 0 Å². The molecule has 1 aromatic heterocycles. The molecule has 2 aliphatic heterocycles. The van der Waals surface area contributed by atoms with Crippen LogP contribution in [0.1, 0.15) is 79.4 Å². The van der Waals surface area contributed by atoms with Crippen LogP contribution in [0.4, 0.5) is 0 Å². The summed E-state index contributed by atoms with van der Waals surface area (Å²) in [6, 6.07) is 8.56. The van der Waals surface area contributed by atoms with Crippen LogP contribution in [0.15, 0.2) is 29.2 Å². The van der Waals surface area contributed by atoms with Crippen LogP contribution in [0.2, 0.25) is 0 Å². The number of hydrogen-bond acceptors (Lipinski definition) is 6. The Kier molecular flexibility index (Phi) is 4.09. The number of rotatable bonds is 6. The monoisotopic (exact) mass is 471 g/mol. The third-order valence-corrected chi connectivity index (χ3v) is 9.21. The highest BCUT2D eigenvalue weighted by Crippen LogP contribution is 2.73. The quantitative estimate of drug-likeness (QED) is 0.586. The predicted octanol–water partition coefficient (Wildman–Crippen LogP) is 4.26. The zero-order chi connectivity index (χ0) is 24.2. The molecule has 0 radical (unpaired) electrons. The number of fused-ring (bicyclic) bond motifs is 7. The molecule has 35 heavy (non-hydrogen) atoms. The summed E-state index contributed by atoms with van der Waals surface area (Å²) in [5.74, 6) is 0.640. The highest BCUT2D eigenvalue weighted by molar-refractivity contribution is 5.94. The van der Waals surface area contributed by atoms with Gasteiger partial charge in [-0.2, -0.15) is 5.26 Å². The number of benzene rings is 1. The lowest BCUT2D eigenvalue weighted by atomic mass is 9.36. The molecule has 1 spiro atoms. The lowest BCUT2D eigenvalue weighted by molar-refractivity contribution is -0.182. The van der Waals surface area contributed by atoms with Crippen molar-refractivity contribution >= 4 is 5.78 Å². The van der Waals surface area contributed by atoms with Crippen molar-refractivity contribution in [2.75, 3.05) is 18.7 Å². The first-order valence-corrected chi connectivity index (χ1v) is 12.6. The van der Waals surface area contributed by atoms with Gasteiger partial charge in [0.15, 0.2) is 11.2 Å². The van der Waals surface area contributed by atoms with Crippen LogP contribution in [0.5, 0.6) is 5.75 Å². The van der Waals surface area contributed by atoms with Crippen LogP contribution >= 0.6 is 0 Å².